The van der Waals surface area contributed by atoms with E-state index in [0.717, 1.165) is 16.5 Å². The Morgan fingerprint density at radius 1 is 1.29 bits per heavy atom. The molecule has 0 unspecified atom stereocenters. The molecule has 8 nitrogen and oxygen atoms in total. The van der Waals surface area contributed by atoms with Crippen molar-refractivity contribution < 1.29 is 14.4 Å². The highest BCUT2D eigenvalue weighted by Gasteiger charge is 2.48. The molecule has 148 valence electrons. The Bertz CT molecular complexity index is 921. The molecule has 2 fully saturated rings. The minimum atomic E-state index is -0.627. The van der Waals surface area contributed by atoms with Crippen LogP contribution in [-0.4, -0.2) is 77.8 Å². The third-order valence-corrected chi connectivity index (χ3v) is 5.47. The first-order chi connectivity index (χ1) is 13.4. The highest BCUT2D eigenvalue weighted by molar-refractivity contribution is 5.99. The standard InChI is InChI=1S/C20H25N5O3/c1-24(2)11-17(26)22-15-7-8-25-18(15)19(27)23-16(20(25)28)9-12-10-21-14-6-4-3-5-13(12)14/h3-6,10,15-16,18,21H,7-9,11H2,1-2H3,(H,22,26)(H,23,27)/t15-,16+,18-/m0/s1. The van der Waals surface area contributed by atoms with E-state index in [1.165, 1.54) is 0 Å². The van der Waals surface area contributed by atoms with Gasteiger partial charge in [0.05, 0.1) is 12.6 Å². The maximum Gasteiger partial charge on any atom is 0.246 e. The van der Waals surface area contributed by atoms with Crippen LogP contribution in [-0.2, 0) is 20.8 Å². The van der Waals surface area contributed by atoms with Gasteiger partial charge in [-0.25, -0.2) is 0 Å². The van der Waals surface area contributed by atoms with Gasteiger partial charge >= 0.3 is 0 Å². The number of aromatic nitrogens is 1. The number of H-pyrrole nitrogens is 1. The van der Waals surface area contributed by atoms with Crippen LogP contribution in [0.5, 0.6) is 0 Å². The van der Waals surface area contributed by atoms with E-state index in [4.69, 9.17) is 0 Å². The van der Waals surface area contributed by atoms with Gasteiger partial charge < -0.3 is 25.4 Å². The number of carbonyl (C=O) groups excluding carboxylic acids is 3. The predicted octanol–water partition coefficient (Wildman–Crippen LogP) is -0.144. The highest BCUT2D eigenvalue weighted by atomic mass is 16.2. The molecule has 0 aliphatic carbocycles. The molecule has 2 saturated heterocycles. The average Bonchev–Trinajstić information content (AvgIpc) is 3.24. The van der Waals surface area contributed by atoms with Crippen LogP contribution < -0.4 is 10.6 Å². The van der Waals surface area contributed by atoms with Crippen molar-refractivity contribution >= 4 is 28.6 Å². The van der Waals surface area contributed by atoms with Gasteiger partial charge in [-0.3, -0.25) is 14.4 Å². The molecule has 2 aliphatic heterocycles. The monoisotopic (exact) mass is 383 g/mol. The number of hydrogen-bond acceptors (Lipinski definition) is 4. The topological polar surface area (TPSA) is 97.5 Å². The fraction of sp³-hybridized carbons (Fsp3) is 0.450. The molecule has 2 aromatic rings. The summed E-state index contributed by atoms with van der Waals surface area (Å²) in [6.45, 7) is 0.732. The van der Waals surface area contributed by atoms with Gasteiger partial charge in [0.15, 0.2) is 0 Å². The molecule has 4 rings (SSSR count). The molecule has 3 N–H and O–H groups in total. The van der Waals surface area contributed by atoms with Crippen LogP contribution in [0.25, 0.3) is 10.9 Å². The number of aromatic amines is 1. The van der Waals surface area contributed by atoms with Crippen LogP contribution in [0.4, 0.5) is 0 Å². The van der Waals surface area contributed by atoms with Crippen LogP contribution in [0.15, 0.2) is 30.5 Å². The van der Waals surface area contributed by atoms with Crippen LogP contribution in [0.3, 0.4) is 0 Å². The molecule has 0 radical (unpaired) electrons. The molecular formula is C20H25N5O3. The number of amides is 3. The molecule has 1 aromatic heterocycles. The largest absolute Gasteiger partial charge is 0.361 e. The van der Waals surface area contributed by atoms with Gasteiger partial charge in [-0.1, -0.05) is 18.2 Å². The molecule has 1 aromatic carbocycles. The molecule has 0 spiro atoms. The molecule has 3 heterocycles. The van der Waals surface area contributed by atoms with E-state index < -0.39 is 12.1 Å². The number of carbonyl (C=O) groups is 3. The maximum atomic E-state index is 13.0. The summed E-state index contributed by atoms with van der Waals surface area (Å²) in [5, 5.41) is 6.84. The van der Waals surface area contributed by atoms with Crippen LogP contribution >= 0.6 is 0 Å². The zero-order valence-electron chi connectivity index (χ0n) is 16.1. The quantitative estimate of drug-likeness (QED) is 0.669. The Hall–Kier alpha value is -2.87. The first kappa shape index (κ1) is 18.5. The van der Waals surface area contributed by atoms with E-state index >= 15 is 0 Å². The number of hydrogen-bond donors (Lipinski definition) is 3. The third kappa shape index (κ3) is 3.35. The van der Waals surface area contributed by atoms with Crippen molar-refractivity contribution in [1.82, 2.24) is 25.4 Å². The van der Waals surface area contributed by atoms with E-state index in [0.29, 0.717) is 19.4 Å². The predicted molar refractivity (Wildman–Crippen MR) is 105 cm³/mol. The van der Waals surface area contributed by atoms with Crippen LogP contribution in [0.1, 0.15) is 12.0 Å². The smallest absolute Gasteiger partial charge is 0.246 e. The number of nitrogens with one attached hydrogen (secondary N) is 3. The number of piperazine rings is 1. The van der Waals surface area contributed by atoms with E-state index in [1.54, 1.807) is 9.80 Å². The van der Waals surface area contributed by atoms with Crippen molar-refractivity contribution in [2.45, 2.75) is 31.0 Å². The fourth-order valence-corrected chi connectivity index (χ4v) is 4.23. The molecule has 28 heavy (non-hydrogen) atoms. The number of rotatable bonds is 5. The summed E-state index contributed by atoms with van der Waals surface area (Å²) >= 11 is 0. The lowest BCUT2D eigenvalue weighted by Crippen LogP contribution is -2.65. The molecular weight excluding hydrogens is 358 g/mol. The number of likely N-dealkylation sites (N-methyl/N-ethyl adjacent to an activating group) is 1. The Morgan fingerprint density at radius 2 is 2.07 bits per heavy atom. The Labute approximate surface area is 163 Å². The van der Waals surface area contributed by atoms with Gasteiger partial charge in [0, 0.05) is 30.1 Å². The summed E-state index contributed by atoms with van der Waals surface area (Å²) < 4.78 is 0. The lowest BCUT2D eigenvalue weighted by molar-refractivity contribution is -0.147. The number of nitrogens with zero attached hydrogens (tertiary/aromatic N) is 2. The third-order valence-electron chi connectivity index (χ3n) is 5.47. The zero-order chi connectivity index (χ0) is 19.8. The molecule has 3 amide bonds. The Morgan fingerprint density at radius 3 is 2.86 bits per heavy atom. The van der Waals surface area contributed by atoms with Crippen LogP contribution in [0.2, 0.25) is 0 Å². The van der Waals surface area contributed by atoms with Gasteiger partial charge in [-0.2, -0.15) is 0 Å². The SMILES string of the molecule is CN(C)CC(=O)N[C@H]1CCN2C(=O)[C@@H](Cc3c[nH]c4ccccc34)NC(=O)[C@H]12. The summed E-state index contributed by atoms with van der Waals surface area (Å²) in [5.74, 6) is -0.422. The minimum absolute atomic E-state index is 0.0840. The second kappa shape index (κ2) is 7.27. The second-order valence-electron chi connectivity index (χ2n) is 7.80. The van der Waals surface area contributed by atoms with Crippen molar-refractivity contribution in [3.8, 4) is 0 Å². The Balaban J connectivity index is 1.47. The molecule has 3 atom stereocenters. The van der Waals surface area contributed by atoms with Gasteiger partial charge in [-0.15, -0.1) is 0 Å². The summed E-state index contributed by atoms with van der Waals surface area (Å²) in [5.41, 5.74) is 2.01. The summed E-state index contributed by atoms with van der Waals surface area (Å²) in [6, 6.07) is 6.35. The van der Waals surface area contributed by atoms with Gasteiger partial charge in [-0.05, 0) is 32.1 Å². The van der Waals surface area contributed by atoms with Crippen molar-refractivity contribution in [2.24, 2.45) is 0 Å². The lowest BCUT2D eigenvalue weighted by atomic mass is 9.99. The maximum absolute atomic E-state index is 13.0. The van der Waals surface area contributed by atoms with E-state index in [2.05, 4.69) is 15.6 Å². The second-order valence-corrected chi connectivity index (χ2v) is 7.80. The summed E-state index contributed by atoms with van der Waals surface area (Å²) in [6.07, 6.45) is 2.92. The normalized spacial score (nSPS) is 24.5. The van der Waals surface area contributed by atoms with Crippen LogP contribution in [0, 0.1) is 0 Å². The fourth-order valence-electron chi connectivity index (χ4n) is 4.23. The van der Waals surface area contributed by atoms with Crippen molar-refractivity contribution in [3.63, 3.8) is 0 Å². The van der Waals surface area contributed by atoms with E-state index in [1.807, 2.05) is 44.6 Å². The summed E-state index contributed by atoms with van der Waals surface area (Å²) in [4.78, 5) is 44.4. The van der Waals surface area contributed by atoms with Gasteiger partial charge in [0.25, 0.3) is 0 Å². The summed E-state index contributed by atoms with van der Waals surface area (Å²) in [7, 11) is 3.62. The van der Waals surface area contributed by atoms with Crippen molar-refractivity contribution in [1.29, 1.82) is 0 Å². The molecule has 8 heteroatoms. The number of para-hydroxylation sites is 1. The minimum Gasteiger partial charge on any atom is -0.361 e. The molecule has 0 bridgehead atoms. The van der Waals surface area contributed by atoms with Crippen molar-refractivity contribution in [3.05, 3.63) is 36.0 Å². The average molecular weight is 383 g/mol. The molecule has 0 saturated carbocycles. The van der Waals surface area contributed by atoms with Gasteiger partial charge in [0.1, 0.15) is 12.1 Å². The first-order valence-corrected chi connectivity index (χ1v) is 9.54. The van der Waals surface area contributed by atoms with E-state index in [9.17, 15) is 14.4 Å². The molecule has 2 aliphatic rings. The zero-order valence-corrected chi connectivity index (χ0v) is 16.1. The first-order valence-electron chi connectivity index (χ1n) is 9.54. The lowest BCUT2D eigenvalue weighted by Gasteiger charge is -2.36. The van der Waals surface area contributed by atoms with Gasteiger partial charge in [0.2, 0.25) is 17.7 Å². The van der Waals surface area contributed by atoms with E-state index in [-0.39, 0.29) is 30.3 Å². The number of benzene rings is 1. The number of fused-ring (bicyclic) bond motifs is 2. The Kier molecular flexibility index (Phi) is 4.80. The highest BCUT2D eigenvalue weighted by Crippen LogP contribution is 2.26. The van der Waals surface area contributed by atoms with Crippen molar-refractivity contribution in [2.75, 3.05) is 27.2 Å².